The third-order valence-electron chi connectivity index (χ3n) is 5.53. The van der Waals surface area contributed by atoms with Crippen molar-refractivity contribution >= 4 is 15.7 Å². The lowest BCUT2D eigenvalue weighted by atomic mass is 9.90. The molecule has 0 saturated carbocycles. The molecule has 1 atom stereocenters. The second-order valence-electron chi connectivity index (χ2n) is 8.01. The van der Waals surface area contributed by atoms with E-state index in [4.69, 9.17) is 0 Å². The van der Waals surface area contributed by atoms with Gasteiger partial charge in [0.25, 0.3) is 5.91 Å². The highest BCUT2D eigenvalue weighted by atomic mass is 32.2. The van der Waals surface area contributed by atoms with Crippen LogP contribution in [0.15, 0.2) is 30.3 Å². The Labute approximate surface area is 150 Å². The number of carbonyl (C=O) groups is 1. The number of amides is 1. The topological polar surface area (TPSA) is 67.7 Å². The third-order valence-corrected chi connectivity index (χ3v) is 7.44. The fourth-order valence-corrected chi connectivity index (χ4v) is 6.22. The standard InChI is InChI=1S/C19H28N2O3S/c1-19(9-12-25(23,24)15-19)20-18(22)14-21-10-7-17(8-11-21)13-16-5-3-2-4-6-16/h2-6,17H,7-15H2,1H3,(H,20,22)/p+1/t19-/m0/s1. The summed E-state index contributed by atoms with van der Waals surface area (Å²) in [6, 6.07) is 10.6. The number of rotatable bonds is 5. The number of benzene rings is 1. The molecule has 0 aliphatic carbocycles. The Bertz CT molecular complexity index is 697. The van der Waals surface area contributed by atoms with Gasteiger partial charge in [-0.1, -0.05) is 30.3 Å². The molecule has 2 heterocycles. The summed E-state index contributed by atoms with van der Waals surface area (Å²) in [4.78, 5) is 13.6. The van der Waals surface area contributed by atoms with Crippen LogP contribution in [0.1, 0.15) is 31.7 Å². The van der Waals surface area contributed by atoms with Gasteiger partial charge in [0.15, 0.2) is 16.4 Å². The molecular formula is C19H29N2O3S+. The maximum absolute atomic E-state index is 12.3. The Balaban J connectivity index is 1.42. The van der Waals surface area contributed by atoms with Gasteiger partial charge in [-0.05, 0) is 44.1 Å². The molecule has 0 spiro atoms. The minimum absolute atomic E-state index is 0.0175. The Morgan fingerprint density at radius 1 is 1.24 bits per heavy atom. The summed E-state index contributed by atoms with van der Waals surface area (Å²) < 4.78 is 23.3. The van der Waals surface area contributed by atoms with Gasteiger partial charge < -0.3 is 10.2 Å². The molecule has 138 valence electrons. The van der Waals surface area contributed by atoms with Crippen LogP contribution in [0, 0.1) is 5.92 Å². The zero-order chi connectivity index (χ0) is 17.9. The lowest BCUT2D eigenvalue weighted by molar-refractivity contribution is -0.898. The molecule has 2 fully saturated rings. The molecule has 0 unspecified atom stereocenters. The van der Waals surface area contributed by atoms with Crippen molar-refractivity contribution in [3.8, 4) is 0 Å². The highest BCUT2D eigenvalue weighted by molar-refractivity contribution is 7.91. The largest absolute Gasteiger partial charge is 0.345 e. The summed E-state index contributed by atoms with van der Waals surface area (Å²) in [5.41, 5.74) is 0.810. The number of sulfone groups is 1. The molecular weight excluding hydrogens is 336 g/mol. The van der Waals surface area contributed by atoms with Crippen LogP contribution in [-0.2, 0) is 21.1 Å². The van der Waals surface area contributed by atoms with Crippen molar-refractivity contribution in [2.24, 2.45) is 5.92 Å². The molecule has 0 bridgehead atoms. The van der Waals surface area contributed by atoms with E-state index in [1.807, 2.05) is 13.0 Å². The van der Waals surface area contributed by atoms with Crippen molar-refractivity contribution in [2.75, 3.05) is 31.1 Å². The number of piperidine rings is 1. The van der Waals surface area contributed by atoms with Gasteiger partial charge in [-0.15, -0.1) is 0 Å². The molecule has 2 aliphatic rings. The van der Waals surface area contributed by atoms with Gasteiger partial charge in [0.2, 0.25) is 0 Å². The van der Waals surface area contributed by atoms with E-state index in [0.29, 0.717) is 18.9 Å². The van der Waals surface area contributed by atoms with Gasteiger partial charge in [0, 0.05) is 0 Å². The molecule has 3 rings (SSSR count). The molecule has 2 N–H and O–H groups in total. The number of quaternary nitrogens is 1. The summed E-state index contributed by atoms with van der Waals surface area (Å²) in [7, 11) is -2.99. The maximum Gasteiger partial charge on any atom is 0.275 e. The summed E-state index contributed by atoms with van der Waals surface area (Å²) >= 11 is 0. The average molecular weight is 366 g/mol. The first kappa shape index (κ1) is 18.4. The van der Waals surface area contributed by atoms with Crippen molar-refractivity contribution in [1.29, 1.82) is 0 Å². The Morgan fingerprint density at radius 2 is 1.92 bits per heavy atom. The van der Waals surface area contributed by atoms with Gasteiger partial charge in [-0.3, -0.25) is 4.79 Å². The predicted octanol–water partition coefficient (Wildman–Crippen LogP) is 0.217. The van der Waals surface area contributed by atoms with Gasteiger partial charge in [0.1, 0.15) is 0 Å². The molecule has 6 heteroatoms. The third kappa shape index (κ3) is 5.28. The molecule has 1 amide bonds. The second-order valence-corrected chi connectivity index (χ2v) is 10.2. The average Bonchev–Trinajstić information content (AvgIpc) is 2.83. The van der Waals surface area contributed by atoms with E-state index < -0.39 is 15.4 Å². The van der Waals surface area contributed by atoms with Crippen LogP contribution in [0.25, 0.3) is 0 Å². The minimum Gasteiger partial charge on any atom is -0.345 e. The summed E-state index contributed by atoms with van der Waals surface area (Å²) in [6.45, 7) is 4.32. The van der Waals surface area contributed by atoms with Crippen LogP contribution in [0.4, 0.5) is 0 Å². The molecule has 0 aromatic heterocycles. The van der Waals surface area contributed by atoms with Gasteiger partial charge in [0.05, 0.1) is 30.1 Å². The zero-order valence-corrected chi connectivity index (χ0v) is 15.8. The van der Waals surface area contributed by atoms with E-state index in [9.17, 15) is 13.2 Å². The summed E-state index contributed by atoms with van der Waals surface area (Å²) in [5, 5.41) is 2.97. The van der Waals surface area contributed by atoms with Crippen LogP contribution in [0.3, 0.4) is 0 Å². The van der Waals surface area contributed by atoms with Crippen molar-refractivity contribution in [1.82, 2.24) is 5.32 Å². The molecule has 1 aromatic carbocycles. The normalized spacial score (nSPS) is 31.6. The molecule has 2 saturated heterocycles. The number of nitrogens with one attached hydrogen (secondary N) is 2. The van der Waals surface area contributed by atoms with Crippen molar-refractivity contribution < 1.29 is 18.1 Å². The Morgan fingerprint density at radius 3 is 2.52 bits per heavy atom. The highest BCUT2D eigenvalue weighted by Gasteiger charge is 2.40. The first-order valence-corrected chi connectivity index (χ1v) is 11.0. The van der Waals surface area contributed by atoms with E-state index in [1.165, 1.54) is 10.5 Å². The number of hydrogen-bond acceptors (Lipinski definition) is 3. The SMILES string of the molecule is C[C@]1(NC(=O)C[NH+]2CCC(Cc3ccccc3)CC2)CCS(=O)(=O)C1. The Hall–Kier alpha value is -1.40. The van der Waals surface area contributed by atoms with Crippen LogP contribution >= 0.6 is 0 Å². The van der Waals surface area contributed by atoms with Gasteiger partial charge in [-0.25, -0.2) is 8.42 Å². The zero-order valence-electron chi connectivity index (χ0n) is 15.0. The molecule has 1 aromatic rings. The first-order valence-electron chi connectivity index (χ1n) is 9.23. The predicted molar refractivity (Wildman–Crippen MR) is 98.3 cm³/mol. The maximum atomic E-state index is 12.3. The monoisotopic (exact) mass is 365 g/mol. The first-order chi connectivity index (χ1) is 11.8. The van der Waals surface area contributed by atoms with Gasteiger partial charge >= 0.3 is 0 Å². The summed E-state index contributed by atoms with van der Waals surface area (Å²) in [5.74, 6) is 0.935. The van der Waals surface area contributed by atoms with Gasteiger partial charge in [-0.2, -0.15) is 0 Å². The number of likely N-dealkylation sites (tertiary alicyclic amines) is 1. The van der Waals surface area contributed by atoms with Crippen LogP contribution in [0.2, 0.25) is 0 Å². The smallest absolute Gasteiger partial charge is 0.275 e. The second kappa shape index (κ2) is 7.46. The molecule has 25 heavy (non-hydrogen) atoms. The van der Waals surface area contributed by atoms with Crippen molar-refractivity contribution in [3.05, 3.63) is 35.9 Å². The summed E-state index contributed by atoms with van der Waals surface area (Å²) in [6.07, 6.45) is 3.93. The fourth-order valence-electron chi connectivity index (χ4n) is 4.13. The molecule has 5 nitrogen and oxygen atoms in total. The minimum atomic E-state index is -2.99. The van der Waals surface area contributed by atoms with Crippen LogP contribution in [0.5, 0.6) is 0 Å². The molecule has 0 radical (unpaired) electrons. The fraction of sp³-hybridized carbons (Fsp3) is 0.632. The van der Waals surface area contributed by atoms with Crippen LogP contribution < -0.4 is 10.2 Å². The van der Waals surface area contributed by atoms with Crippen molar-refractivity contribution in [3.63, 3.8) is 0 Å². The Kier molecular flexibility index (Phi) is 5.49. The van der Waals surface area contributed by atoms with Crippen LogP contribution in [-0.4, -0.2) is 51.0 Å². The lowest BCUT2D eigenvalue weighted by Crippen LogP contribution is -3.14. The number of carbonyl (C=O) groups excluding carboxylic acids is 1. The van der Waals surface area contributed by atoms with E-state index in [1.54, 1.807) is 0 Å². The van der Waals surface area contributed by atoms with Crippen molar-refractivity contribution in [2.45, 2.75) is 38.1 Å². The van der Waals surface area contributed by atoms with E-state index in [0.717, 1.165) is 32.4 Å². The quantitative estimate of drug-likeness (QED) is 0.784. The molecule has 2 aliphatic heterocycles. The van der Waals surface area contributed by atoms with E-state index in [-0.39, 0.29) is 17.4 Å². The van der Waals surface area contributed by atoms with E-state index in [2.05, 4.69) is 29.6 Å². The highest BCUT2D eigenvalue weighted by Crippen LogP contribution is 2.22. The van der Waals surface area contributed by atoms with E-state index >= 15 is 0 Å². The lowest BCUT2D eigenvalue weighted by Gasteiger charge is -2.30. The number of hydrogen-bond donors (Lipinski definition) is 2.